The minimum absolute atomic E-state index is 0.0495. The molecule has 1 saturated carbocycles. The maximum absolute atomic E-state index is 11.9. The highest BCUT2D eigenvalue weighted by Gasteiger charge is 2.25. The van der Waals surface area contributed by atoms with Gasteiger partial charge in [-0.25, -0.2) is 0 Å². The first kappa shape index (κ1) is 11.9. The third-order valence-electron chi connectivity index (χ3n) is 3.36. The van der Waals surface area contributed by atoms with Crippen LogP contribution < -0.4 is 5.32 Å². The van der Waals surface area contributed by atoms with Crippen LogP contribution in [-0.4, -0.2) is 50.2 Å². The van der Waals surface area contributed by atoms with E-state index in [1.165, 1.54) is 12.8 Å². The lowest BCUT2D eigenvalue weighted by molar-refractivity contribution is -0.132. The van der Waals surface area contributed by atoms with Crippen LogP contribution in [0, 0.1) is 5.92 Å². The Labute approximate surface area is 97.3 Å². The lowest BCUT2D eigenvalue weighted by Crippen LogP contribution is -2.42. The predicted octanol–water partition coefficient (Wildman–Crippen LogP) is 0.623. The highest BCUT2D eigenvalue weighted by molar-refractivity contribution is 5.81. The number of hydrogen-bond donors (Lipinski definition) is 1. The van der Waals surface area contributed by atoms with Crippen LogP contribution >= 0.6 is 0 Å². The molecular formula is C12H22N2O2. The van der Waals surface area contributed by atoms with Crippen LogP contribution in [-0.2, 0) is 9.53 Å². The summed E-state index contributed by atoms with van der Waals surface area (Å²) in [5, 5.41) is 3.22. The first-order chi connectivity index (χ1) is 7.77. The molecule has 2 rings (SSSR count). The molecule has 1 amide bonds. The van der Waals surface area contributed by atoms with E-state index >= 15 is 0 Å². The van der Waals surface area contributed by atoms with Crippen molar-refractivity contribution in [3.63, 3.8) is 0 Å². The van der Waals surface area contributed by atoms with Crippen LogP contribution in [0.15, 0.2) is 0 Å². The van der Waals surface area contributed by atoms with E-state index in [0.29, 0.717) is 13.2 Å². The van der Waals surface area contributed by atoms with Gasteiger partial charge in [0.2, 0.25) is 5.91 Å². The summed E-state index contributed by atoms with van der Waals surface area (Å²) < 4.78 is 5.53. The molecule has 2 aliphatic rings. The summed E-state index contributed by atoms with van der Waals surface area (Å²) in [6.07, 6.45) is 4.73. The van der Waals surface area contributed by atoms with Gasteiger partial charge in [-0.1, -0.05) is 0 Å². The molecule has 92 valence electrons. The van der Waals surface area contributed by atoms with Crippen LogP contribution in [0.5, 0.6) is 0 Å². The number of hydrogen-bond acceptors (Lipinski definition) is 3. The van der Waals surface area contributed by atoms with Gasteiger partial charge in [-0.05, 0) is 38.1 Å². The van der Waals surface area contributed by atoms with Gasteiger partial charge in [0.05, 0.1) is 12.6 Å². The largest absolute Gasteiger partial charge is 0.379 e. The summed E-state index contributed by atoms with van der Waals surface area (Å²) in [5.74, 6) is 1.02. The van der Waals surface area contributed by atoms with E-state index in [-0.39, 0.29) is 11.9 Å². The molecule has 1 heterocycles. The topological polar surface area (TPSA) is 41.6 Å². The maximum atomic E-state index is 11.9. The number of amides is 1. The number of carbonyl (C=O) groups is 1. The highest BCUT2D eigenvalue weighted by Crippen LogP contribution is 2.28. The van der Waals surface area contributed by atoms with Gasteiger partial charge >= 0.3 is 0 Å². The van der Waals surface area contributed by atoms with Crippen LogP contribution in [0.1, 0.15) is 25.7 Å². The highest BCUT2D eigenvalue weighted by atomic mass is 16.5. The van der Waals surface area contributed by atoms with Crippen molar-refractivity contribution < 1.29 is 9.53 Å². The summed E-state index contributed by atoms with van der Waals surface area (Å²) in [5.41, 5.74) is 0. The zero-order chi connectivity index (χ0) is 11.4. The van der Waals surface area contributed by atoms with Crippen LogP contribution in [0.2, 0.25) is 0 Å². The van der Waals surface area contributed by atoms with Crippen molar-refractivity contribution in [1.29, 1.82) is 0 Å². The van der Waals surface area contributed by atoms with Gasteiger partial charge in [0.1, 0.15) is 0 Å². The number of nitrogens with one attached hydrogen (secondary N) is 1. The molecule has 1 aliphatic heterocycles. The van der Waals surface area contributed by atoms with Crippen molar-refractivity contribution in [1.82, 2.24) is 10.2 Å². The first-order valence-electron chi connectivity index (χ1n) is 6.33. The van der Waals surface area contributed by atoms with Gasteiger partial charge in [-0.3, -0.25) is 4.79 Å². The van der Waals surface area contributed by atoms with E-state index in [1.807, 2.05) is 7.05 Å². The monoisotopic (exact) mass is 226 g/mol. The third kappa shape index (κ3) is 3.46. The Balaban J connectivity index is 1.57. The first-order valence-corrected chi connectivity index (χ1v) is 6.33. The second kappa shape index (κ2) is 5.64. The number of ether oxygens (including phenoxy) is 1. The van der Waals surface area contributed by atoms with Gasteiger partial charge in [0.25, 0.3) is 0 Å². The van der Waals surface area contributed by atoms with Gasteiger partial charge in [0.15, 0.2) is 0 Å². The number of nitrogens with zero attached hydrogens (tertiary/aromatic N) is 1. The van der Waals surface area contributed by atoms with Crippen LogP contribution in [0.4, 0.5) is 0 Å². The van der Waals surface area contributed by atoms with Crippen LogP contribution in [0.25, 0.3) is 0 Å². The standard InChI is InChI=1S/C12H22N2O2/c1-14(7-8-16-9-10-4-5-10)12(15)11-3-2-6-13-11/h10-11,13H,2-9H2,1H3/t11-/m0/s1. The molecular weight excluding hydrogens is 204 g/mol. The van der Waals surface area contributed by atoms with Crippen molar-refractivity contribution in [2.24, 2.45) is 5.92 Å². The summed E-state index contributed by atoms with van der Waals surface area (Å²) in [6, 6.07) is 0.0495. The number of likely N-dealkylation sites (N-methyl/N-ethyl adjacent to an activating group) is 1. The Morgan fingerprint density at radius 3 is 2.88 bits per heavy atom. The molecule has 1 atom stereocenters. The van der Waals surface area contributed by atoms with Crippen molar-refractivity contribution in [2.75, 3.05) is 33.4 Å². The molecule has 1 saturated heterocycles. The minimum Gasteiger partial charge on any atom is -0.379 e. The molecule has 0 radical (unpaired) electrons. The molecule has 0 aromatic rings. The lowest BCUT2D eigenvalue weighted by atomic mass is 10.2. The molecule has 4 nitrogen and oxygen atoms in total. The fourth-order valence-corrected chi connectivity index (χ4v) is 2.01. The molecule has 0 unspecified atom stereocenters. The Morgan fingerprint density at radius 1 is 1.44 bits per heavy atom. The van der Waals surface area contributed by atoms with Gasteiger partial charge < -0.3 is 15.0 Å². The van der Waals surface area contributed by atoms with E-state index < -0.39 is 0 Å². The molecule has 16 heavy (non-hydrogen) atoms. The van der Waals surface area contributed by atoms with Gasteiger partial charge in [0, 0.05) is 20.2 Å². The van der Waals surface area contributed by atoms with Gasteiger partial charge in [-0.15, -0.1) is 0 Å². The second-order valence-corrected chi connectivity index (χ2v) is 4.93. The quantitative estimate of drug-likeness (QED) is 0.675. The molecule has 1 aliphatic carbocycles. The fourth-order valence-electron chi connectivity index (χ4n) is 2.01. The Morgan fingerprint density at radius 2 is 2.25 bits per heavy atom. The van der Waals surface area contributed by atoms with E-state index in [9.17, 15) is 4.79 Å². The van der Waals surface area contributed by atoms with E-state index in [2.05, 4.69) is 5.32 Å². The zero-order valence-electron chi connectivity index (χ0n) is 10.1. The third-order valence-corrected chi connectivity index (χ3v) is 3.36. The summed E-state index contributed by atoms with van der Waals surface area (Å²) in [6.45, 7) is 3.24. The average molecular weight is 226 g/mol. The summed E-state index contributed by atoms with van der Waals surface area (Å²) in [4.78, 5) is 13.7. The normalized spacial score (nSPS) is 24.7. The molecule has 0 aromatic heterocycles. The maximum Gasteiger partial charge on any atom is 0.239 e. The lowest BCUT2D eigenvalue weighted by Gasteiger charge is -2.21. The summed E-state index contributed by atoms with van der Waals surface area (Å²) >= 11 is 0. The van der Waals surface area contributed by atoms with Crippen molar-refractivity contribution >= 4 is 5.91 Å². The number of carbonyl (C=O) groups excluding carboxylic acids is 1. The Bertz CT molecular complexity index is 235. The molecule has 4 heteroatoms. The fraction of sp³-hybridized carbons (Fsp3) is 0.917. The molecule has 0 bridgehead atoms. The van der Waals surface area contributed by atoms with Crippen molar-refractivity contribution in [2.45, 2.75) is 31.7 Å². The second-order valence-electron chi connectivity index (χ2n) is 4.93. The molecule has 1 N–H and O–H groups in total. The Kier molecular flexibility index (Phi) is 4.18. The molecule has 0 spiro atoms. The van der Waals surface area contributed by atoms with E-state index in [1.54, 1.807) is 4.90 Å². The smallest absolute Gasteiger partial charge is 0.239 e. The van der Waals surface area contributed by atoms with E-state index in [4.69, 9.17) is 4.74 Å². The van der Waals surface area contributed by atoms with Crippen molar-refractivity contribution in [3.8, 4) is 0 Å². The minimum atomic E-state index is 0.0495. The van der Waals surface area contributed by atoms with Crippen molar-refractivity contribution in [3.05, 3.63) is 0 Å². The molecule has 0 aromatic carbocycles. The predicted molar refractivity (Wildman–Crippen MR) is 62.2 cm³/mol. The summed E-state index contributed by atoms with van der Waals surface area (Å²) in [7, 11) is 1.86. The Hall–Kier alpha value is -0.610. The number of rotatable bonds is 6. The average Bonchev–Trinajstić information content (AvgIpc) is 2.95. The van der Waals surface area contributed by atoms with Crippen LogP contribution in [0.3, 0.4) is 0 Å². The zero-order valence-corrected chi connectivity index (χ0v) is 10.1. The SMILES string of the molecule is CN(CCOCC1CC1)C(=O)[C@@H]1CCCN1. The molecule has 2 fully saturated rings. The van der Waals surface area contributed by atoms with Gasteiger partial charge in [-0.2, -0.15) is 0 Å². The van der Waals surface area contributed by atoms with E-state index in [0.717, 1.165) is 31.9 Å².